The highest BCUT2D eigenvalue weighted by Crippen LogP contribution is 2.30. The highest BCUT2D eigenvalue weighted by Gasteiger charge is 2.40. The Labute approximate surface area is 127 Å². The number of carbonyl (C=O) groups excluding carboxylic acids is 1. The highest BCUT2D eigenvalue weighted by atomic mass is 16.6. The molecule has 0 saturated carbocycles. The van der Waals surface area contributed by atoms with Crippen molar-refractivity contribution in [3.63, 3.8) is 0 Å². The molecule has 0 radical (unpaired) electrons. The van der Waals surface area contributed by atoms with Crippen LogP contribution < -0.4 is 0 Å². The van der Waals surface area contributed by atoms with Crippen LogP contribution in [-0.4, -0.2) is 47.7 Å². The third kappa shape index (κ3) is 5.67. The zero-order valence-corrected chi connectivity index (χ0v) is 14.0. The van der Waals surface area contributed by atoms with E-state index in [1.807, 2.05) is 20.8 Å². The molecule has 21 heavy (non-hydrogen) atoms. The van der Waals surface area contributed by atoms with Gasteiger partial charge < -0.3 is 14.6 Å². The molecule has 1 N–H and O–H groups in total. The van der Waals surface area contributed by atoms with E-state index >= 15 is 0 Å². The van der Waals surface area contributed by atoms with E-state index in [9.17, 15) is 9.90 Å². The van der Waals surface area contributed by atoms with Gasteiger partial charge in [0.15, 0.2) is 6.29 Å². The van der Waals surface area contributed by atoms with Crippen molar-refractivity contribution < 1.29 is 19.4 Å². The molecule has 1 fully saturated rings. The van der Waals surface area contributed by atoms with Gasteiger partial charge >= 0.3 is 6.09 Å². The molecule has 0 aromatic rings. The van der Waals surface area contributed by atoms with Crippen LogP contribution in [0.15, 0.2) is 11.6 Å². The molecule has 1 rings (SSSR count). The van der Waals surface area contributed by atoms with Crippen molar-refractivity contribution in [1.29, 1.82) is 0 Å². The van der Waals surface area contributed by atoms with Gasteiger partial charge in [0, 0.05) is 13.7 Å². The fourth-order valence-electron chi connectivity index (χ4n) is 2.49. The Balaban J connectivity index is 2.78. The number of ether oxygens (including phenoxy) is 2. The Morgan fingerprint density at radius 2 is 2.05 bits per heavy atom. The summed E-state index contributed by atoms with van der Waals surface area (Å²) in [5, 5.41) is 9.98. The van der Waals surface area contributed by atoms with E-state index in [1.165, 1.54) is 12.7 Å². The number of allylic oxidation sites excluding steroid dienone is 2. The summed E-state index contributed by atoms with van der Waals surface area (Å²) < 4.78 is 10.4. The summed E-state index contributed by atoms with van der Waals surface area (Å²) in [7, 11) is 1.45. The van der Waals surface area contributed by atoms with Crippen LogP contribution in [0.5, 0.6) is 0 Å². The maximum Gasteiger partial charge on any atom is 0.410 e. The number of methoxy groups -OCH3 is 1. The van der Waals surface area contributed by atoms with Crippen molar-refractivity contribution in [2.24, 2.45) is 5.92 Å². The molecule has 1 aliphatic rings. The largest absolute Gasteiger partial charge is 0.444 e. The molecule has 3 atom stereocenters. The minimum atomic E-state index is -0.978. The predicted octanol–water partition coefficient (Wildman–Crippen LogP) is 2.93. The van der Waals surface area contributed by atoms with Gasteiger partial charge in [-0.05, 0) is 53.4 Å². The smallest absolute Gasteiger partial charge is 0.410 e. The van der Waals surface area contributed by atoms with Crippen molar-refractivity contribution in [3.8, 4) is 0 Å². The van der Waals surface area contributed by atoms with E-state index in [1.54, 1.807) is 4.90 Å². The standard InChI is InChI=1S/C16H29NO4/c1-11(2)7-8-12-9-13(14(18)20-6)17(10-12)15(19)21-16(3,4)5/h7,12-14,18H,8-10H2,1-6H3/t12-,13+,14?/m1/s1. The summed E-state index contributed by atoms with van der Waals surface area (Å²) in [6.07, 6.45) is 2.42. The second-order valence-corrected chi connectivity index (χ2v) is 6.95. The van der Waals surface area contributed by atoms with Gasteiger partial charge in [-0.3, -0.25) is 4.90 Å². The van der Waals surface area contributed by atoms with Crippen LogP contribution in [0.3, 0.4) is 0 Å². The number of carbonyl (C=O) groups is 1. The summed E-state index contributed by atoms with van der Waals surface area (Å²) >= 11 is 0. The van der Waals surface area contributed by atoms with E-state index in [0.29, 0.717) is 12.5 Å². The molecule has 0 aromatic heterocycles. The first-order valence-electron chi connectivity index (χ1n) is 7.48. The van der Waals surface area contributed by atoms with E-state index < -0.39 is 11.9 Å². The number of aliphatic hydroxyl groups excluding tert-OH is 1. The molecule has 5 nitrogen and oxygen atoms in total. The molecule has 0 bridgehead atoms. The third-order valence-electron chi connectivity index (χ3n) is 3.49. The molecular weight excluding hydrogens is 270 g/mol. The lowest BCUT2D eigenvalue weighted by Gasteiger charge is -2.30. The van der Waals surface area contributed by atoms with Gasteiger partial charge in [-0.15, -0.1) is 0 Å². The number of hydrogen-bond donors (Lipinski definition) is 1. The number of rotatable bonds is 4. The first kappa shape index (κ1) is 18.0. The van der Waals surface area contributed by atoms with E-state index in [2.05, 4.69) is 19.9 Å². The van der Waals surface area contributed by atoms with Crippen molar-refractivity contribution >= 4 is 6.09 Å². The Hall–Kier alpha value is -1.07. The van der Waals surface area contributed by atoms with Crippen LogP contribution in [0.2, 0.25) is 0 Å². The Morgan fingerprint density at radius 3 is 2.52 bits per heavy atom. The quantitative estimate of drug-likeness (QED) is 0.640. The van der Waals surface area contributed by atoms with Crippen LogP contribution in [-0.2, 0) is 9.47 Å². The highest BCUT2D eigenvalue weighted by molar-refractivity contribution is 5.69. The number of nitrogens with zero attached hydrogens (tertiary/aromatic N) is 1. The second-order valence-electron chi connectivity index (χ2n) is 6.95. The molecule has 122 valence electrons. The lowest BCUT2D eigenvalue weighted by Crippen LogP contribution is -2.45. The Bertz CT molecular complexity index is 382. The lowest BCUT2D eigenvalue weighted by atomic mass is 10.0. The molecular formula is C16H29NO4. The molecule has 1 aliphatic heterocycles. The number of aliphatic hydroxyl groups is 1. The van der Waals surface area contributed by atoms with Crippen LogP contribution >= 0.6 is 0 Å². The van der Waals surface area contributed by atoms with Crippen LogP contribution in [0, 0.1) is 5.92 Å². The van der Waals surface area contributed by atoms with E-state index in [-0.39, 0.29) is 12.1 Å². The van der Waals surface area contributed by atoms with Crippen molar-refractivity contribution in [2.75, 3.05) is 13.7 Å². The molecule has 1 heterocycles. The van der Waals surface area contributed by atoms with Crippen LogP contribution in [0.1, 0.15) is 47.5 Å². The molecule has 0 aliphatic carbocycles. The van der Waals surface area contributed by atoms with Crippen molar-refractivity contribution in [2.45, 2.75) is 65.4 Å². The van der Waals surface area contributed by atoms with E-state index in [0.717, 1.165) is 12.8 Å². The minimum Gasteiger partial charge on any atom is -0.444 e. The van der Waals surface area contributed by atoms with Crippen molar-refractivity contribution in [1.82, 2.24) is 4.90 Å². The van der Waals surface area contributed by atoms with Gasteiger partial charge in [-0.25, -0.2) is 4.79 Å². The number of hydrogen-bond acceptors (Lipinski definition) is 4. The summed E-state index contributed by atoms with van der Waals surface area (Å²) in [4.78, 5) is 13.9. The molecule has 1 amide bonds. The average Bonchev–Trinajstić information content (AvgIpc) is 2.77. The second kappa shape index (κ2) is 7.27. The zero-order valence-electron chi connectivity index (χ0n) is 14.0. The molecule has 1 saturated heterocycles. The fraction of sp³-hybridized carbons (Fsp3) is 0.812. The van der Waals surface area contributed by atoms with Gasteiger partial charge in [0.1, 0.15) is 5.60 Å². The van der Waals surface area contributed by atoms with Gasteiger partial charge in [-0.2, -0.15) is 0 Å². The lowest BCUT2D eigenvalue weighted by molar-refractivity contribution is -0.116. The van der Waals surface area contributed by atoms with Gasteiger partial charge in [-0.1, -0.05) is 11.6 Å². The topological polar surface area (TPSA) is 59.0 Å². The first-order chi connectivity index (χ1) is 9.64. The fourth-order valence-corrected chi connectivity index (χ4v) is 2.49. The SMILES string of the molecule is COC(O)[C@@H]1C[C@@H](CC=C(C)C)CN1C(=O)OC(C)(C)C. The monoisotopic (exact) mass is 299 g/mol. The molecule has 0 spiro atoms. The summed E-state index contributed by atoms with van der Waals surface area (Å²) in [5.41, 5.74) is 0.715. The maximum absolute atomic E-state index is 12.3. The van der Waals surface area contributed by atoms with Gasteiger partial charge in [0.2, 0.25) is 0 Å². The number of amides is 1. The first-order valence-corrected chi connectivity index (χ1v) is 7.48. The van der Waals surface area contributed by atoms with Crippen LogP contribution in [0.25, 0.3) is 0 Å². The maximum atomic E-state index is 12.3. The number of likely N-dealkylation sites (tertiary alicyclic amines) is 1. The summed E-state index contributed by atoms with van der Waals surface area (Å²) in [6.45, 7) is 10.2. The summed E-state index contributed by atoms with van der Waals surface area (Å²) in [6, 6.07) is -0.347. The third-order valence-corrected chi connectivity index (χ3v) is 3.49. The van der Waals surface area contributed by atoms with Crippen LogP contribution in [0.4, 0.5) is 4.79 Å². The van der Waals surface area contributed by atoms with E-state index in [4.69, 9.17) is 9.47 Å². The van der Waals surface area contributed by atoms with Crippen molar-refractivity contribution in [3.05, 3.63) is 11.6 Å². The average molecular weight is 299 g/mol. The minimum absolute atomic E-state index is 0.321. The molecule has 0 aromatic carbocycles. The zero-order chi connectivity index (χ0) is 16.2. The predicted molar refractivity (Wildman–Crippen MR) is 81.9 cm³/mol. The Morgan fingerprint density at radius 1 is 1.43 bits per heavy atom. The Kier molecular flexibility index (Phi) is 6.23. The summed E-state index contributed by atoms with van der Waals surface area (Å²) in [5.74, 6) is 0.321. The normalized spacial score (nSPS) is 23.9. The molecule has 1 unspecified atom stereocenters. The van der Waals surface area contributed by atoms with Gasteiger partial charge in [0.25, 0.3) is 0 Å². The molecule has 5 heteroatoms. The van der Waals surface area contributed by atoms with Gasteiger partial charge in [0.05, 0.1) is 6.04 Å².